The lowest BCUT2D eigenvalue weighted by Crippen LogP contribution is -2.56. The molecule has 0 fully saturated rings. The molecule has 3 aliphatic rings. The van der Waals surface area contributed by atoms with Crippen LogP contribution < -0.4 is 25.0 Å². The van der Waals surface area contributed by atoms with Gasteiger partial charge in [-0.3, -0.25) is 14.5 Å². The summed E-state index contributed by atoms with van der Waals surface area (Å²) in [4.78, 5) is 27.6. The third-order valence-electron chi connectivity index (χ3n) is 5.99. The van der Waals surface area contributed by atoms with Gasteiger partial charge in [-0.1, -0.05) is 36.4 Å². The summed E-state index contributed by atoms with van der Waals surface area (Å²) < 4.78 is 10.7. The van der Waals surface area contributed by atoms with E-state index in [2.05, 4.69) is 15.7 Å². The lowest BCUT2D eigenvalue weighted by molar-refractivity contribution is 0.0853. The molecule has 9 nitrogen and oxygen atoms in total. The average Bonchev–Trinajstić information content (AvgIpc) is 3.50. The summed E-state index contributed by atoms with van der Waals surface area (Å²) in [6, 6.07) is 20.6. The molecule has 170 valence electrons. The minimum absolute atomic E-state index is 0.203. The number of carbonyl (C=O) groups excluding carboxylic acids is 2. The molecule has 3 aromatic carbocycles. The lowest BCUT2D eigenvalue weighted by atomic mass is 10.0. The van der Waals surface area contributed by atoms with Gasteiger partial charge in [-0.25, -0.2) is 5.01 Å². The molecule has 3 heterocycles. The fraction of sp³-hybridized carbons (Fsp3) is 0.160. The minimum Gasteiger partial charge on any atom is -0.454 e. The summed E-state index contributed by atoms with van der Waals surface area (Å²) >= 11 is 0. The molecule has 0 aliphatic carbocycles. The fourth-order valence-electron chi connectivity index (χ4n) is 4.24. The maximum Gasteiger partial charge on any atom is 0.256 e. The summed E-state index contributed by atoms with van der Waals surface area (Å²) in [5.74, 6) is 0.851. The van der Waals surface area contributed by atoms with Crippen molar-refractivity contribution in [3.63, 3.8) is 0 Å². The summed E-state index contributed by atoms with van der Waals surface area (Å²) in [5, 5.41) is 12.2. The number of carbonyl (C=O) groups is 2. The van der Waals surface area contributed by atoms with Crippen LogP contribution in [0.25, 0.3) is 0 Å². The first-order valence-corrected chi connectivity index (χ1v) is 10.9. The van der Waals surface area contributed by atoms with Crippen LogP contribution in [0.15, 0.2) is 71.8 Å². The summed E-state index contributed by atoms with van der Waals surface area (Å²) in [7, 11) is 0. The smallest absolute Gasteiger partial charge is 0.256 e. The maximum absolute atomic E-state index is 12.9. The number of hydrogen-bond donors (Lipinski definition) is 2. The second-order valence-corrected chi connectivity index (χ2v) is 8.17. The number of anilines is 1. The molecule has 34 heavy (non-hydrogen) atoms. The SMILES string of the molecule is O=C(NCc1ccc2c(c1)OCO2)c1ccc2c(c1)C(=O)NC1N(Cc3ccccc3)N=CN21. The Morgan fingerprint density at radius 2 is 1.88 bits per heavy atom. The summed E-state index contributed by atoms with van der Waals surface area (Å²) in [6.07, 6.45) is 1.29. The van der Waals surface area contributed by atoms with Crippen molar-refractivity contribution in [3.8, 4) is 11.5 Å². The standard InChI is InChI=1S/C25H21N5O4/c31-23(26-12-17-6-9-21-22(10-17)34-15-33-21)18-7-8-20-19(11-18)24(32)28-25-29(20)14-27-30(25)13-16-4-2-1-3-5-16/h1-11,14,25H,12-13,15H2,(H,26,31)(H,28,32). The van der Waals surface area contributed by atoms with E-state index >= 15 is 0 Å². The second kappa shape index (κ2) is 8.11. The molecule has 1 atom stereocenters. The Balaban J connectivity index is 1.16. The van der Waals surface area contributed by atoms with Crippen molar-refractivity contribution in [2.24, 2.45) is 5.10 Å². The van der Waals surface area contributed by atoms with Gasteiger partial charge < -0.3 is 20.1 Å². The second-order valence-electron chi connectivity index (χ2n) is 8.17. The number of rotatable bonds is 5. The number of hydrogen-bond acceptors (Lipinski definition) is 7. The Kier molecular flexibility index (Phi) is 4.80. The van der Waals surface area contributed by atoms with Gasteiger partial charge in [0.1, 0.15) is 6.34 Å². The van der Waals surface area contributed by atoms with Gasteiger partial charge >= 0.3 is 0 Å². The zero-order valence-corrected chi connectivity index (χ0v) is 18.1. The van der Waals surface area contributed by atoms with E-state index in [0.29, 0.717) is 41.4 Å². The molecular formula is C25H21N5O4. The van der Waals surface area contributed by atoms with Gasteiger partial charge in [0, 0.05) is 12.1 Å². The predicted molar refractivity (Wildman–Crippen MR) is 124 cm³/mol. The van der Waals surface area contributed by atoms with E-state index in [1.807, 2.05) is 58.4 Å². The van der Waals surface area contributed by atoms with E-state index in [-0.39, 0.29) is 18.6 Å². The van der Waals surface area contributed by atoms with Crippen LogP contribution in [0.2, 0.25) is 0 Å². The molecule has 0 spiro atoms. The Bertz CT molecular complexity index is 1310. The van der Waals surface area contributed by atoms with Crippen molar-refractivity contribution < 1.29 is 19.1 Å². The molecule has 0 aromatic heterocycles. The molecule has 0 saturated carbocycles. The number of hydrazone groups is 1. The average molecular weight is 455 g/mol. The highest BCUT2D eigenvalue weighted by molar-refractivity contribution is 6.08. The summed E-state index contributed by atoms with van der Waals surface area (Å²) in [6.45, 7) is 1.09. The van der Waals surface area contributed by atoms with Crippen molar-refractivity contribution in [2.45, 2.75) is 19.4 Å². The van der Waals surface area contributed by atoms with E-state index in [9.17, 15) is 9.59 Å². The Morgan fingerprint density at radius 1 is 1.03 bits per heavy atom. The van der Waals surface area contributed by atoms with Gasteiger partial charge in [0.15, 0.2) is 11.5 Å². The summed E-state index contributed by atoms with van der Waals surface area (Å²) in [5.41, 5.74) is 3.53. The Labute approximate surface area is 195 Å². The number of nitrogens with zero attached hydrogens (tertiary/aromatic N) is 3. The lowest BCUT2D eigenvalue weighted by Gasteiger charge is -2.35. The number of nitrogens with one attached hydrogen (secondary N) is 2. The van der Waals surface area contributed by atoms with E-state index < -0.39 is 6.29 Å². The van der Waals surface area contributed by atoms with Crippen LogP contribution in [-0.2, 0) is 13.1 Å². The van der Waals surface area contributed by atoms with Crippen LogP contribution >= 0.6 is 0 Å². The zero-order chi connectivity index (χ0) is 23.1. The minimum atomic E-state index is -0.411. The number of amides is 2. The van der Waals surface area contributed by atoms with Crippen LogP contribution in [0.4, 0.5) is 5.69 Å². The molecule has 2 amide bonds. The van der Waals surface area contributed by atoms with Crippen molar-refractivity contribution in [1.82, 2.24) is 15.6 Å². The number of fused-ring (bicyclic) bond motifs is 4. The van der Waals surface area contributed by atoms with Crippen LogP contribution in [0.1, 0.15) is 31.8 Å². The maximum atomic E-state index is 12.9. The van der Waals surface area contributed by atoms with Crippen LogP contribution in [0.3, 0.4) is 0 Å². The van der Waals surface area contributed by atoms with Crippen LogP contribution in [0.5, 0.6) is 11.5 Å². The predicted octanol–water partition coefficient (Wildman–Crippen LogP) is 2.64. The highest BCUT2D eigenvalue weighted by atomic mass is 16.7. The third-order valence-corrected chi connectivity index (χ3v) is 5.99. The zero-order valence-electron chi connectivity index (χ0n) is 18.1. The Morgan fingerprint density at radius 3 is 2.76 bits per heavy atom. The van der Waals surface area contributed by atoms with Crippen molar-refractivity contribution >= 4 is 23.8 Å². The van der Waals surface area contributed by atoms with Gasteiger partial charge in [-0.2, -0.15) is 5.10 Å². The highest BCUT2D eigenvalue weighted by Crippen LogP contribution is 2.33. The first-order chi connectivity index (χ1) is 16.7. The van der Waals surface area contributed by atoms with Crippen LogP contribution in [-0.4, -0.2) is 36.2 Å². The highest BCUT2D eigenvalue weighted by Gasteiger charge is 2.37. The van der Waals surface area contributed by atoms with Gasteiger partial charge in [0.25, 0.3) is 11.8 Å². The molecule has 0 radical (unpaired) electrons. The molecular weight excluding hydrogens is 434 g/mol. The van der Waals surface area contributed by atoms with E-state index in [1.54, 1.807) is 24.5 Å². The molecule has 9 heteroatoms. The van der Waals surface area contributed by atoms with Gasteiger partial charge in [-0.05, 0) is 41.5 Å². The van der Waals surface area contributed by atoms with Crippen molar-refractivity contribution in [1.29, 1.82) is 0 Å². The molecule has 1 unspecified atom stereocenters. The quantitative estimate of drug-likeness (QED) is 0.614. The topological polar surface area (TPSA) is 95.5 Å². The van der Waals surface area contributed by atoms with Crippen LogP contribution in [0, 0.1) is 0 Å². The molecule has 0 saturated heterocycles. The number of benzene rings is 3. The normalized spacial score (nSPS) is 17.3. The van der Waals surface area contributed by atoms with E-state index in [4.69, 9.17) is 9.47 Å². The molecule has 0 bridgehead atoms. The van der Waals surface area contributed by atoms with E-state index in [1.165, 1.54) is 0 Å². The fourth-order valence-corrected chi connectivity index (χ4v) is 4.24. The third kappa shape index (κ3) is 3.57. The van der Waals surface area contributed by atoms with Crippen molar-refractivity contribution in [2.75, 3.05) is 11.7 Å². The molecule has 2 N–H and O–H groups in total. The first kappa shape index (κ1) is 20.1. The van der Waals surface area contributed by atoms with Gasteiger partial charge in [0.2, 0.25) is 13.1 Å². The largest absolute Gasteiger partial charge is 0.454 e. The molecule has 3 aromatic rings. The van der Waals surface area contributed by atoms with Gasteiger partial charge in [0.05, 0.1) is 17.8 Å². The molecule has 6 rings (SSSR count). The van der Waals surface area contributed by atoms with Gasteiger partial charge in [-0.15, -0.1) is 0 Å². The monoisotopic (exact) mass is 455 g/mol. The van der Waals surface area contributed by atoms with Crippen molar-refractivity contribution in [3.05, 3.63) is 89.0 Å². The molecule has 3 aliphatic heterocycles. The Hall–Kier alpha value is -4.53. The van der Waals surface area contributed by atoms with E-state index in [0.717, 1.165) is 11.1 Å². The number of ether oxygens (including phenoxy) is 2. The first-order valence-electron chi connectivity index (χ1n) is 10.9.